The lowest BCUT2D eigenvalue weighted by molar-refractivity contribution is 0.139. The summed E-state index contributed by atoms with van der Waals surface area (Å²) in [5.41, 5.74) is 0.981. The van der Waals surface area contributed by atoms with Gasteiger partial charge in [0.25, 0.3) is 0 Å². The molecule has 0 fully saturated rings. The molecule has 0 saturated heterocycles. The maximum Gasteiger partial charge on any atom is 0.315 e. The standard InChI is InChI=1S/C17H23N5O3/c1-2-25-14-5-3-4-13(10-14)11-18-17(23)19-12-16-21-20-15-6-8-24-9-7-22(15)16/h3-5,10H,2,6-9,11-12H2,1H3,(H2,18,19,23). The first-order valence-electron chi connectivity index (χ1n) is 8.48. The monoisotopic (exact) mass is 345 g/mol. The summed E-state index contributed by atoms with van der Waals surface area (Å²) < 4.78 is 12.9. The second-order valence-corrected chi connectivity index (χ2v) is 5.66. The van der Waals surface area contributed by atoms with Crippen molar-refractivity contribution in [2.75, 3.05) is 19.8 Å². The van der Waals surface area contributed by atoms with Gasteiger partial charge in [-0.05, 0) is 24.6 Å². The molecule has 8 heteroatoms. The highest BCUT2D eigenvalue weighted by atomic mass is 16.5. The summed E-state index contributed by atoms with van der Waals surface area (Å²) >= 11 is 0. The van der Waals surface area contributed by atoms with Crippen LogP contribution in [0.15, 0.2) is 24.3 Å². The Labute approximate surface area is 146 Å². The van der Waals surface area contributed by atoms with Crippen LogP contribution in [-0.4, -0.2) is 40.6 Å². The van der Waals surface area contributed by atoms with E-state index in [1.54, 1.807) is 0 Å². The van der Waals surface area contributed by atoms with Crippen molar-refractivity contribution >= 4 is 6.03 Å². The third-order valence-corrected chi connectivity index (χ3v) is 3.90. The zero-order valence-electron chi connectivity index (χ0n) is 14.3. The third-order valence-electron chi connectivity index (χ3n) is 3.90. The normalized spacial score (nSPS) is 13.6. The summed E-state index contributed by atoms with van der Waals surface area (Å²) in [5.74, 6) is 2.45. The molecule has 1 aromatic heterocycles. The molecule has 25 heavy (non-hydrogen) atoms. The van der Waals surface area contributed by atoms with Crippen molar-refractivity contribution in [1.29, 1.82) is 0 Å². The number of rotatable bonds is 6. The molecule has 2 amide bonds. The van der Waals surface area contributed by atoms with Gasteiger partial charge in [0.15, 0.2) is 5.82 Å². The van der Waals surface area contributed by atoms with Gasteiger partial charge in [-0.2, -0.15) is 0 Å². The summed E-state index contributed by atoms with van der Waals surface area (Å²) in [6, 6.07) is 7.42. The molecule has 2 heterocycles. The number of urea groups is 1. The molecule has 0 atom stereocenters. The predicted molar refractivity (Wildman–Crippen MR) is 91.2 cm³/mol. The van der Waals surface area contributed by atoms with Gasteiger partial charge in [0.1, 0.15) is 11.6 Å². The third kappa shape index (κ3) is 4.69. The first kappa shape index (κ1) is 17.2. The van der Waals surface area contributed by atoms with E-state index in [0.717, 1.165) is 29.4 Å². The average Bonchev–Trinajstić information content (AvgIpc) is 2.85. The first-order valence-corrected chi connectivity index (χ1v) is 8.48. The van der Waals surface area contributed by atoms with E-state index < -0.39 is 0 Å². The molecular formula is C17H23N5O3. The van der Waals surface area contributed by atoms with Crippen molar-refractivity contribution < 1.29 is 14.3 Å². The number of aromatic nitrogens is 3. The molecule has 0 bridgehead atoms. The molecule has 0 unspecified atom stereocenters. The van der Waals surface area contributed by atoms with Crippen LogP contribution in [0.1, 0.15) is 24.1 Å². The van der Waals surface area contributed by atoms with Gasteiger partial charge in [-0.1, -0.05) is 12.1 Å². The topological polar surface area (TPSA) is 90.3 Å². The first-order chi connectivity index (χ1) is 12.3. The van der Waals surface area contributed by atoms with Crippen LogP contribution in [-0.2, 0) is 30.8 Å². The molecule has 1 aromatic carbocycles. The minimum absolute atomic E-state index is 0.246. The van der Waals surface area contributed by atoms with Gasteiger partial charge in [0.05, 0.1) is 26.4 Å². The maximum atomic E-state index is 12.0. The summed E-state index contributed by atoms with van der Waals surface area (Å²) in [4.78, 5) is 12.0. The Balaban J connectivity index is 1.49. The van der Waals surface area contributed by atoms with E-state index in [2.05, 4.69) is 20.8 Å². The van der Waals surface area contributed by atoms with Gasteiger partial charge in [-0.3, -0.25) is 0 Å². The molecule has 0 spiro atoms. The molecule has 8 nitrogen and oxygen atoms in total. The maximum absolute atomic E-state index is 12.0. The number of nitrogens with one attached hydrogen (secondary N) is 2. The highest BCUT2D eigenvalue weighted by Crippen LogP contribution is 2.13. The number of hydrogen-bond acceptors (Lipinski definition) is 5. The van der Waals surface area contributed by atoms with Crippen LogP contribution in [0.3, 0.4) is 0 Å². The zero-order chi connectivity index (χ0) is 17.5. The van der Waals surface area contributed by atoms with E-state index in [1.165, 1.54) is 0 Å². The summed E-state index contributed by atoms with van der Waals surface area (Å²) in [7, 11) is 0. The number of fused-ring (bicyclic) bond motifs is 1. The SMILES string of the molecule is CCOc1cccc(CNC(=O)NCc2nnc3n2CCOCC3)c1. The fourth-order valence-corrected chi connectivity index (χ4v) is 2.68. The molecule has 2 N–H and O–H groups in total. The van der Waals surface area contributed by atoms with Crippen LogP contribution in [0, 0.1) is 0 Å². The van der Waals surface area contributed by atoms with Gasteiger partial charge in [0.2, 0.25) is 0 Å². The largest absolute Gasteiger partial charge is 0.494 e. The quantitative estimate of drug-likeness (QED) is 0.822. The van der Waals surface area contributed by atoms with E-state index in [0.29, 0.717) is 39.5 Å². The minimum Gasteiger partial charge on any atom is -0.494 e. The van der Waals surface area contributed by atoms with E-state index in [9.17, 15) is 4.79 Å². The second kappa shape index (κ2) is 8.48. The Bertz CT molecular complexity index is 716. The van der Waals surface area contributed by atoms with Crippen molar-refractivity contribution in [2.24, 2.45) is 0 Å². The number of nitrogens with zero attached hydrogens (tertiary/aromatic N) is 3. The van der Waals surface area contributed by atoms with Gasteiger partial charge in [-0.25, -0.2) is 4.79 Å². The predicted octanol–water partition coefficient (Wildman–Crippen LogP) is 1.25. The zero-order valence-corrected chi connectivity index (χ0v) is 14.3. The Morgan fingerprint density at radius 2 is 2.16 bits per heavy atom. The van der Waals surface area contributed by atoms with Crippen LogP contribution in [0.5, 0.6) is 5.75 Å². The highest BCUT2D eigenvalue weighted by Gasteiger charge is 2.15. The van der Waals surface area contributed by atoms with E-state index in [4.69, 9.17) is 9.47 Å². The van der Waals surface area contributed by atoms with Crippen LogP contribution in [0.2, 0.25) is 0 Å². The Hall–Kier alpha value is -2.61. The second-order valence-electron chi connectivity index (χ2n) is 5.66. The average molecular weight is 345 g/mol. The lowest BCUT2D eigenvalue weighted by atomic mass is 10.2. The van der Waals surface area contributed by atoms with Gasteiger partial charge in [-0.15, -0.1) is 10.2 Å². The number of carbonyl (C=O) groups is 1. The molecule has 0 saturated carbocycles. The van der Waals surface area contributed by atoms with Gasteiger partial charge < -0.3 is 24.7 Å². The van der Waals surface area contributed by atoms with Crippen LogP contribution >= 0.6 is 0 Å². The molecule has 0 aliphatic carbocycles. The van der Waals surface area contributed by atoms with E-state index >= 15 is 0 Å². The highest BCUT2D eigenvalue weighted by molar-refractivity contribution is 5.73. The van der Waals surface area contributed by atoms with E-state index in [-0.39, 0.29) is 6.03 Å². The number of amides is 2. The summed E-state index contributed by atoms with van der Waals surface area (Å²) in [5, 5.41) is 14.0. The fourth-order valence-electron chi connectivity index (χ4n) is 2.68. The lowest BCUT2D eigenvalue weighted by Crippen LogP contribution is -2.35. The molecule has 2 aromatic rings. The molecule has 0 radical (unpaired) electrons. The van der Waals surface area contributed by atoms with Gasteiger partial charge in [0, 0.05) is 19.5 Å². The number of hydrogen-bond donors (Lipinski definition) is 2. The van der Waals surface area contributed by atoms with Crippen molar-refractivity contribution in [1.82, 2.24) is 25.4 Å². The molecule has 1 aliphatic rings. The van der Waals surface area contributed by atoms with E-state index in [1.807, 2.05) is 35.8 Å². The smallest absolute Gasteiger partial charge is 0.315 e. The van der Waals surface area contributed by atoms with Crippen molar-refractivity contribution in [3.05, 3.63) is 41.5 Å². The minimum atomic E-state index is -0.246. The summed E-state index contributed by atoms with van der Waals surface area (Å²) in [6.07, 6.45) is 0.745. The Kier molecular flexibility index (Phi) is 5.84. The summed E-state index contributed by atoms with van der Waals surface area (Å²) in [6.45, 7) is 5.33. The van der Waals surface area contributed by atoms with Crippen LogP contribution in [0.25, 0.3) is 0 Å². The van der Waals surface area contributed by atoms with Crippen molar-refractivity contribution in [2.45, 2.75) is 33.0 Å². The molecule has 3 rings (SSSR count). The number of carbonyl (C=O) groups excluding carboxylic acids is 1. The fraction of sp³-hybridized carbons (Fsp3) is 0.471. The Morgan fingerprint density at radius 3 is 3.04 bits per heavy atom. The Morgan fingerprint density at radius 1 is 1.28 bits per heavy atom. The lowest BCUT2D eigenvalue weighted by Gasteiger charge is -2.10. The number of benzene rings is 1. The van der Waals surface area contributed by atoms with Crippen molar-refractivity contribution in [3.63, 3.8) is 0 Å². The van der Waals surface area contributed by atoms with Gasteiger partial charge >= 0.3 is 6.03 Å². The molecule has 1 aliphatic heterocycles. The molecular weight excluding hydrogens is 322 g/mol. The van der Waals surface area contributed by atoms with Crippen molar-refractivity contribution in [3.8, 4) is 5.75 Å². The molecule has 134 valence electrons. The number of ether oxygens (including phenoxy) is 2. The van der Waals surface area contributed by atoms with Crippen LogP contribution < -0.4 is 15.4 Å². The van der Waals surface area contributed by atoms with Crippen LogP contribution in [0.4, 0.5) is 4.79 Å².